The van der Waals surface area contributed by atoms with Gasteiger partial charge in [0.1, 0.15) is 5.82 Å². The maximum absolute atomic E-state index is 12.0. The third-order valence-electron chi connectivity index (χ3n) is 2.93. The van der Waals surface area contributed by atoms with Crippen LogP contribution in [0.25, 0.3) is 11.4 Å². The van der Waals surface area contributed by atoms with Gasteiger partial charge in [0.25, 0.3) is 5.56 Å². The number of aryl methyl sites for hydroxylation is 1. The van der Waals surface area contributed by atoms with E-state index in [0.717, 1.165) is 23.2 Å². The Balaban J connectivity index is 2.57. The number of nitrogens with one attached hydrogen (secondary N) is 1. The number of hydrogen-bond acceptors (Lipinski definition) is 2. The molecule has 0 saturated heterocycles. The summed E-state index contributed by atoms with van der Waals surface area (Å²) in [7, 11) is 0. The van der Waals surface area contributed by atoms with Gasteiger partial charge in [-0.25, -0.2) is 4.98 Å². The van der Waals surface area contributed by atoms with Crippen molar-refractivity contribution < 1.29 is 0 Å². The van der Waals surface area contributed by atoms with Crippen molar-refractivity contribution in [2.75, 3.05) is 0 Å². The van der Waals surface area contributed by atoms with Crippen molar-refractivity contribution in [3.63, 3.8) is 0 Å². The van der Waals surface area contributed by atoms with E-state index in [1.807, 2.05) is 31.2 Å². The highest BCUT2D eigenvalue weighted by Gasteiger charge is 2.12. The summed E-state index contributed by atoms with van der Waals surface area (Å²) >= 11 is 2.08. The quantitative estimate of drug-likeness (QED) is 0.843. The second-order valence-electron chi connectivity index (χ2n) is 5.09. The number of aromatic amines is 1. The summed E-state index contributed by atoms with van der Waals surface area (Å²) in [5.41, 5.74) is 2.94. The van der Waals surface area contributed by atoms with E-state index in [1.54, 1.807) is 0 Å². The SMILES string of the molecule is Cc1ccccc1-c1nc(CC(C)C)c(I)c(=O)[nH]1. The highest BCUT2D eigenvalue weighted by atomic mass is 127. The number of aromatic nitrogens is 2. The van der Waals surface area contributed by atoms with E-state index in [0.29, 0.717) is 15.3 Å². The minimum Gasteiger partial charge on any atom is -0.306 e. The van der Waals surface area contributed by atoms with Crippen LogP contribution in [0.1, 0.15) is 25.1 Å². The zero-order chi connectivity index (χ0) is 14.0. The molecule has 1 aromatic heterocycles. The molecule has 0 bridgehead atoms. The zero-order valence-corrected chi connectivity index (χ0v) is 13.5. The van der Waals surface area contributed by atoms with Gasteiger partial charge in [-0.15, -0.1) is 0 Å². The van der Waals surface area contributed by atoms with Crippen LogP contribution >= 0.6 is 22.6 Å². The van der Waals surface area contributed by atoms with Gasteiger partial charge >= 0.3 is 0 Å². The molecule has 19 heavy (non-hydrogen) atoms. The highest BCUT2D eigenvalue weighted by Crippen LogP contribution is 2.20. The van der Waals surface area contributed by atoms with Crippen molar-refractivity contribution in [3.05, 3.63) is 49.4 Å². The molecule has 0 aliphatic rings. The summed E-state index contributed by atoms with van der Waals surface area (Å²) in [6.45, 7) is 6.29. The zero-order valence-electron chi connectivity index (χ0n) is 11.3. The molecule has 0 aliphatic carbocycles. The van der Waals surface area contributed by atoms with Crippen LogP contribution in [-0.2, 0) is 6.42 Å². The summed E-state index contributed by atoms with van der Waals surface area (Å²) in [4.78, 5) is 19.5. The second-order valence-corrected chi connectivity index (χ2v) is 6.17. The molecule has 2 rings (SSSR count). The van der Waals surface area contributed by atoms with Crippen molar-refractivity contribution in [2.24, 2.45) is 5.92 Å². The van der Waals surface area contributed by atoms with E-state index in [9.17, 15) is 4.79 Å². The predicted molar refractivity (Wildman–Crippen MR) is 86.3 cm³/mol. The molecule has 0 fully saturated rings. The molecule has 1 N–H and O–H groups in total. The second kappa shape index (κ2) is 5.86. The third kappa shape index (κ3) is 3.23. The lowest BCUT2D eigenvalue weighted by molar-refractivity contribution is 0.631. The molecule has 0 spiro atoms. The number of halogens is 1. The summed E-state index contributed by atoms with van der Waals surface area (Å²) < 4.78 is 0.698. The van der Waals surface area contributed by atoms with Gasteiger partial charge in [0.05, 0.1) is 9.26 Å². The molecule has 0 amide bonds. The summed E-state index contributed by atoms with van der Waals surface area (Å²) in [5, 5.41) is 0. The van der Waals surface area contributed by atoms with Crippen LogP contribution in [0.2, 0.25) is 0 Å². The van der Waals surface area contributed by atoms with Crippen LogP contribution in [0.3, 0.4) is 0 Å². The first-order valence-corrected chi connectivity index (χ1v) is 7.41. The van der Waals surface area contributed by atoms with Gasteiger partial charge in [-0.1, -0.05) is 38.1 Å². The van der Waals surface area contributed by atoms with Crippen molar-refractivity contribution in [1.29, 1.82) is 0 Å². The predicted octanol–water partition coefficient (Wildman–Crippen LogP) is 3.55. The molecule has 1 heterocycles. The Morgan fingerprint density at radius 1 is 1.32 bits per heavy atom. The average molecular weight is 368 g/mol. The lowest BCUT2D eigenvalue weighted by Gasteiger charge is -2.10. The first-order chi connectivity index (χ1) is 8.99. The van der Waals surface area contributed by atoms with E-state index in [-0.39, 0.29) is 5.56 Å². The first-order valence-electron chi connectivity index (χ1n) is 6.33. The van der Waals surface area contributed by atoms with E-state index in [4.69, 9.17) is 0 Å². The van der Waals surface area contributed by atoms with E-state index >= 15 is 0 Å². The van der Waals surface area contributed by atoms with Crippen LogP contribution in [0, 0.1) is 16.4 Å². The van der Waals surface area contributed by atoms with Crippen LogP contribution in [-0.4, -0.2) is 9.97 Å². The number of rotatable bonds is 3. The van der Waals surface area contributed by atoms with Crippen LogP contribution in [0.15, 0.2) is 29.1 Å². The monoisotopic (exact) mass is 368 g/mol. The maximum atomic E-state index is 12.0. The summed E-state index contributed by atoms with van der Waals surface area (Å²) in [6.07, 6.45) is 0.821. The van der Waals surface area contributed by atoms with E-state index < -0.39 is 0 Å². The lowest BCUT2D eigenvalue weighted by Crippen LogP contribution is -2.17. The molecule has 0 radical (unpaired) electrons. The minimum atomic E-state index is -0.0514. The molecule has 0 atom stereocenters. The molecule has 4 heteroatoms. The minimum absolute atomic E-state index is 0.0514. The van der Waals surface area contributed by atoms with Gasteiger partial charge in [0, 0.05) is 5.56 Å². The third-order valence-corrected chi connectivity index (χ3v) is 4.05. The molecule has 0 saturated carbocycles. The van der Waals surface area contributed by atoms with Crippen LogP contribution in [0.5, 0.6) is 0 Å². The molecular formula is C15H17IN2O. The van der Waals surface area contributed by atoms with Crippen LogP contribution in [0.4, 0.5) is 0 Å². The molecule has 2 aromatic rings. The first kappa shape index (κ1) is 14.2. The maximum Gasteiger partial charge on any atom is 0.264 e. The lowest BCUT2D eigenvalue weighted by atomic mass is 10.1. The molecule has 1 aromatic carbocycles. The number of hydrogen-bond donors (Lipinski definition) is 1. The highest BCUT2D eigenvalue weighted by molar-refractivity contribution is 14.1. The number of H-pyrrole nitrogens is 1. The molecular weight excluding hydrogens is 351 g/mol. The normalized spacial score (nSPS) is 11.0. The number of benzene rings is 1. The van der Waals surface area contributed by atoms with Gasteiger partial charge in [-0.2, -0.15) is 0 Å². The number of nitrogens with zero attached hydrogens (tertiary/aromatic N) is 1. The Kier molecular flexibility index (Phi) is 4.39. The van der Waals surface area contributed by atoms with Crippen molar-refractivity contribution >= 4 is 22.6 Å². The van der Waals surface area contributed by atoms with Gasteiger partial charge in [0.15, 0.2) is 0 Å². The molecule has 0 aliphatic heterocycles. The molecule has 3 nitrogen and oxygen atoms in total. The fraction of sp³-hybridized carbons (Fsp3) is 0.333. The van der Waals surface area contributed by atoms with Crippen LogP contribution < -0.4 is 5.56 Å². The summed E-state index contributed by atoms with van der Waals surface area (Å²) in [5.74, 6) is 1.15. The van der Waals surface area contributed by atoms with Gasteiger partial charge < -0.3 is 4.98 Å². The Morgan fingerprint density at radius 2 is 2.00 bits per heavy atom. The smallest absolute Gasteiger partial charge is 0.264 e. The molecule has 0 unspecified atom stereocenters. The standard InChI is InChI=1S/C15H17IN2O/c1-9(2)8-12-13(16)15(19)18-14(17-12)11-7-5-4-6-10(11)3/h4-7,9H,8H2,1-3H3,(H,17,18,19). The fourth-order valence-electron chi connectivity index (χ4n) is 1.99. The average Bonchev–Trinajstić information content (AvgIpc) is 2.35. The fourth-order valence-corrected chi connectivity index (χ4v) is 2.47. The van der Waals surface area contributed by atoms with Gasteiger partial charge in [-0.05, 0) is 47.4 Å². The Bertz CT molecular complexity index is 647. The summed E-state index contributed by atoms with van der Waals surface area (Å²) in [6, 6.07) is 7.95. The van der Waals surface area contributed by atoms with Gasteiger partial charge in [-0.3, -0.25) is 4.79 Å². The van der Waals surface area contributed by atoms with Crippen molar-refractivity contribution in [2.45, 2.75) is 27.2 Å². The van der Waals surface area contributed by atoms with Gasteiger partial charge in [0.2, 0.25) is 0 Å². The largest absolute Gasteiger partial charge is 0.306 e. The Hall–Kier alpha value is -1.17. The van der Waals surface area contributed by atoms with E-state index in [1.165, 1.54) is 0 Å². The Morgan fingerprint density at radius 3 is 2.63 bits per heavy atom. The van der Waals surface area contributed by atoms with Crippen molar-refractivity contribution in [3.8, 4) is 11.4 Å². The Labute approximate surface area is 126 Å². The van der Waals surface area contributed by atoms with Crippen molar-refractivity contribution in [1.82, 2.24) is 9.97 Å². The topological polar surface area (TPSA) is 45.8 Å². The molecule has 100 valence electrons. The van der Waals surface area contributed by atoms with E-state index in [2.05, 4.69) is 46.4 Å².